The van der Waals surface area contributed by atoms with Gasteiger partial charge in [0.05, 0.1) is 12.7 Å². The molecule has 2 N–H and O–H groups in total. The van der Waals surface area contributed by atoms with Crippen LogP contribution in [0.25, 0.3) is 0 Å². The van der Waals surface area contributed by atoms with E-state index < -0.39 is 18.0 Å². The van der Waals surface area contributed by atoms with Crippen molar-refractivity contribution in [3.05, 3.63) is 48.0 Å². The zero-order chi connectivity index (χ0) is 17.0. The van der Waals surface area contributed by atoms with Crippen molar-refractivity contribution in [2.45, 2.75) is 6.36 Å². The number of methoxy groups -OCH3 is 1. The van der Waals surface area contributed by atoms with Crippen molar-refractivity contribution in [1.29, 1.82) is 0 Å². The van der Waals surface area contributed by atoms with Crippen molar-refractivity contribution in [3.8, 4) is 17.2 Å². The molecule has 122 valence electrons. The van der Waals surface area contributed by atoms with E-state index in [1.165, 1.54) is 37.4 Å². The average molecular weight is 327 g/mol. The Bertz CT molecular complexity index is 699. The molecule has 0 radical (unpaired) electrons. The van der Waals surface area contributed by atoms with Crippen molar-refractivity contribution < 1.29 is 32.5 Å². The zero-order valence-electron chi connectivity index (χ0n) is 11.8. The number of nitrogens with one attached hydrogen (secondary N) is 1. The molecule has 0 aliphatic heterocycles. The highest BCUT2D eigenvalue weighted by atomic mass is 19.4. The highest BCUT2D eigenvalue weighted by molar-refractivity contribution is 6.06. The van der Waals surface area contributed by atoms with Crippen LogP contribution in [-0.2, 0) is 0 Å². The molecule has 0 unspecified atom stereocenters. The van der Waals surface area contributed by atoms with Crippen LogP contribution in [0, 0.1) is 0 Å². The topological polar surface area (TPSA) is 67.8 Å². The second-order valence-electron chi connectivity index (χ2n) is 4.41. The number of phenols is 1. The first kappa shape index (κ1) is 16.5. The molecule has 8 heteroatoms. The fraction of sp³-hybridized carbons (Fsp3) is 0.133. The third-order valence-corrected chi connectivity index (χ3v) is 2.80. The second-order valence-corrected chi connectivity index (χ2v) is 4.41. The molecular weight excluding hydrogens is 315 g/mol. The fourth-order valence-electron chi connectivity index (χ4n) is 1.77. The minimum absolute atomic E-state index is 0.00131. The molecule has 2 aromatic rings. The normalized spacial score (nSPS) is 11.0. The van der Waals surface area contributed by atoms with Gasteiger partial charge in [-0.05, 0) is 36.4 Å². The number of amides is 1. The van der Waals surface area contributed by atoms with Gasteiger partial charge in [0.2, 0.25) is 0 Å². The first-order valence-corrected chi connectivity index (χ1v) is 6.32. The number of hydrogen-bond donors (Lipinski definition) is 2. The lowest BCUT2D eigenvalue weighted by Gasteiger charge is -2.10. The van der Waals surface area contributed by atoms with Crippen LogP contribution < -0.4 is 14.8 Å². The molecule has 0 aliphatic carbocycles. The summed E-state index contributed by atoms with van der Waals surface area (Å²) in [4.78, 5) is 12.0. The van der Waals surface area contributed by atoms with E-state index in [-0.39, 0.29) is 17.0 Å². The molecule has 0 spiro atoms. The number of carbonyl (C=O) groups is 1. The molecular formula is C15H12F3NO4. The molecule has 2 aromatic carbocycles. The van der Waals surface area contributed by atoms with Gasteiger partial charge in [-0.1, -0.05) is 0 Å². The largest absolute Gasteiger partial charge is 0.573 e. The van der Waals surface area contributed by atoms with Crippen LogP contribution in [-0.4, -0.2) is 24.5 Å². The Kier molecular flexibility index (Phi) is 4.63. The fourth-order valence-corrected chi connectivity index (χ4v) is 1.77. The summed E-state index contributed by atoms with van der Waals surface area (Å²) in [6, 6.07) is 8.77. The number of halogens is 3. The predicted molar refractivity (Wildman–Crippen MR) is 75.7 cm³/mol. The predicted octanol–water partition coefficient (Wildman–Crippen LogP) is 3.55. The van der Waals surface area contributed by atoms with Gasteiger partial charge < -0.3 is 19.9 Å². The van der Waals surface area contributed by atoms with E-state index in [0.717, 1.165) is 12.1 Å². The maximum atomic E-state index is 12.0. The van der Waals surface area contributed by atoms with Gasteiger partial charge in [0, 0.05) is 11.8 Å². The van der Waals surface area contributed by atoms with Gasteiger partial charge in [0.1, 0.15) is 17.2 Å². The number of benzene rings is 2. The van der Waals surface area contributed by atoms with Crippen molar-refractivity contribution in [3.63, 3.8) is 0 Å². The van der Waals surface area contributed by atoms with E-state index in [1.54, 1.807) is 0 Å². The second kappa shape index (κ2) is 6.47. The van der Waals surface area contributed by atoms with Gasteiger partial charge >= 0.3 is 6.36 Å². The van der Waals surface area contributed by atoms with Gasteiger partial charge in [-0.15, -0.1) is 13.2 Å². The standard InChI is InChI=1S/C15H12F3NO4/c1-22-11-6-7-12(13(20)8-11)14(21)19-9-2-4-10(5-3-9)23-15(16,17)18/h2-8,20H,1H3,(H,19,21). The van der Waals surface area contributed by atoms with Gasteiger partial charge in [0.15, 0.2) is 0 Å². The molecule has 0 aromatic heterocycles. The molecule has 0 fully saturated rings. The molecule has 0 bridgehead atoms. The molecule has 23 heavy (non-hydrogen) atoms. The Balaban J connectivity index is 2.08. The highest BCUT2D eigenvalue weighted by Gasteiger charge is 2.30. The number of aromatic hydroxyl groups is 1. The summed E-state index contributed by atoms with van der Waals surface area (Å²) in [6.07, 6.45) is -4.78. The van der Waals surface area contributed by atoms with Crippen molar-refractivity contribution >= 4 is 11.6 Å². The number of anilines is 1. The minimum atomic E-state index is -4.78. The summed E-state index contributed by atoms with van der Waals surface area (Å²) >= 11 is 0. The summed E-state index contributed by atoms with van der Waals surface area (Å²) in [5.74, 6) is -0.913. The maximum absolute atomic E-state index is 12.0. The summed E-state index contributed by atoms with van der Waals surface area (Å²) in [7, 11) is 1.42. The number of carbonyl (C=O) groups excluding carboxylic acids is 1. The van der Waals surface area contributed by atoms with E-state index in [1.807, 2.05) is 0 Å². The zero-order valence-corrected chi connectivity index (χ0v) is 11.8. The smallest absolute Gasteiger partial charge is 0.507 e. The lowest BCUT2D eigenvalue weighted by atomic mass is 10.1. The number of phenolic OH excluding ortho intramolecular Hbond substituents is 1. The van der Waals surface area contributed by atoms with E-state index in [9.17, 15) is 23.1 Å². The number of alkyl halides is 3. The monoisotopic (exact) mass is 327 g/mol. The minimum Gasteiger partial charge on any atom is -0.507 e. The number of rotatable bonds is 4. The van der Waals surface area contributed by atoms with Gasteiger partial charge in [-0.2, -0.15) is 0 Å². The third kappa shape index (κ3) is 4.53. The lowest BCUT2D eigenvalue weighted by molar-refractivity contribution is -0.274. The summed E-state index contributed by atoms with van der Waals surface area (Å²) in [6.45, 7) is 0. The summed E-state index contributed by atoms with van der Waals surface area (Å²) in [5, 5.41) is 12.2. The average Bonchev–Trinajstić information content (AvgIpc) is 2.47. The lowest BCUT2D eigenvalue weighted by Crippen LogP contribution is -2.17. The summed E-state index contributed by atoms with van der Waals surface area (Å²) in [5.41, 5.74) is 0.251. The number of ether oxygens (including phenoxy) is 2. The SMILES string of the molecule is COc1ccc(C(=O)Nc2ccc(OC(F)(F)F)cc2)c(O)c1. The van der Waals surface area contributed by atoms with Gasteiger partial charge in [-0.25, -0.2) is 0 Å². The van der Waals surface area contributed by atoms with E-state index in [2.05, 4.69) is 10.1 Å². The Morgan fingerprint density at radius 1 is 1.09 bits per heavy atom. The van der Waals surface area contributed by atoms with Crippen LogP contribution in [0.15, 0.2) is 42.5 Å². The Labute approximate surface area is 129 Å². The third-order valence-electron chi connectivity index (χ3n) is 2.80. The molecule has 2 rings (SSSR count). The van der Waals surface area contributed by atoms with Crippen LogP contribution in [0.5, 0.6) is 17.2 Å². The Morgan fingerprint density at radius 3 is 2.22 bits per heavy atom. The van der Waals surface area contributed by atoms with E-state index in [0.29, 0.717) is 5.75 Å². The van der Waals surface area contributed by atoms with Crippen molar-refractivity contribution in [1.82, 2.24) is 0 Å². The molecule has 0 heterocycles. The maximum Gasteiger partial charge on any atom is 0.573 e. The molecule has 0 atom stereocenters. The first-order valence-electron chi connectivity index (χ1n) is 6.32. The first-order chi connectivity index (χ1) is 10.8. The quantitative estimate of drug-likeness (QED) is 0.901. The highest BCUT2D eigenvalue weighted by Crippen LogP contribution is 2.26. The Morgan fingerprint density at radius 2 is 1.70 bits per heavy atom. The molecule has 1 amide bonds. The molecule has 0 aliphatic rings. The Hall–Kier alpha value is -2.90. The van der Waals surface area contributed by atoms with Crippen LogP contribution in [0.3, 0.4) is 0 Å². The molecule has 0 saturated carbocycles. The van der Waals surface area contributed by atoms with Gasteiger partial charge in [0.25, 0.3) is 5.91 Å². The van der Waals surface area contributed by atoms with Crippen LogP contribution in [0.4, 0.5) is 18.9 Å². The van der Waals surface area contributed by atoms with Gasteiger partial charge in [-0.3, -0.25) is 4.79 Å². The number of hydrogen-bond acceptors (Lipinski definition) is 4. The van der Waals surface area contributed by atoms with Crippen molar-refractivity contribution in [2.24, 2.45) is 0 Å². The molecule has 5 nitrogen and oxygen atoms in total. The van der Waals surface area contributed by atoms with Crippen molar-refractivity contribution in [2.75, 3.05) is 12.4 Å². The van der Waals surface area contributed by atoms with E-state index in [4.69, 9.17) is 4.74 Å². The van der Waals surface area contributed by atoms with Crippen LogP contribution >= 0.6 is 0 Å². The van der Waals surface area contributed by atoms with Crippen LogP contribution in [0.1, 0.15) is 10.4 Å². The van der Waals surface area contributed by atoms with Crippen LogP contribution in [0.2, 0.25) is 0 Å². The molecule has 0 saturated heterocycles. The van der Waals surface area contributed by atoms with E-state index >= 15 is 0 Å². The summed E-state index contributed by atoms with van der Waals surface area (Å²) < 4.78 is 44.8.